The number of rotatable bonds is 3. The zero-order valence-electron chi connectivity index (χ0n) is 15.8. The van der Waals surface area contributed by atoms with Crippen LogP contribution >= 0.6 is 0 Å². The number of ether oxygens (including phenoxy) is 1. The highest BCUT2D eigenvalue weighted by Crippen LogP contribution is 2.47. The van der Waals surface area contributed by atoms with Gasteiger partial charge in [-0.3, -0.25) is 4.79 Å². The van der Waals surface area contributed by atoms with Crippen LogP contribution in [0.2, 0.25) is 0 Å². The van der Waals surface area contributed by atoms with Gasteiger partial charge in [-0.1, -0.05) is 6.07 Å². The molecule has 1 aromatic rings. The molecule has 1 spiro atoms. The van der Waals surface area contributed by atoms with Crippen molar-refractivity contribution in [3.63, 3.8) is 0 Å². The molecule has 0 unspecified atom stereocenters. The van der Waals surface area contributed by atoms with E-state index in [0.717, 1.165) is 44.8 Å². The molecular formula is C20H25F3N2O3. The highest BCUT2D eigenvalue weighted by Gasteiger charge is 2.51. The van der Waals surface area contributed by atoms with Crippen LogP contribution in [0, 0.1) is 11.3 Å². The van der Waals surface area contributed by atoms with Gasteiger partial charge in [-0.25, -0.2) is 4.98 Å². The van der Waals surface area contributed by atoms with Crippen molar-refractivity contribution in [2.45, 2.75) is 63.3 Å². The van der Waals surface area contributed by atoms with Crippen LogP contribution in [-0.4, -0.2) is 45.7 Å². The summed E-state index contributed by atoms with van der Waals surface area (Å²) in [6.45, 7) is 3.23. The van der Waals surface area contributed by atoms with Gasteiger partial charge in [-0.15, -0.1) is 0 Å². The van der Waals surface area contributed by atoms with E-state index in [-0.39, 0.29) is 29.2 Å². The van der Waals surface area contributed by atoms with Crippen molar-refractivity contribution in [2.75, 3.05) is 13.1 Å². The van der Waals surface area contributed by atoms with Crippen LogP contribution in [0.25, 0.3) is 0 Å². The summed E-state index contributed by atoms with van der Waals surface area (Å²) in [5.74, 6) is 0.0981. The average molecular weight is 398 g/mol. The summed E-state index contributed by atoms with van der Waals surface area (Å²) in [5.41, 5.74) is -1.53. The summed E-state index contributed by atoms with van der Waals surface area (Å²) < 4.78 is 44.0. The third-order valence-electron chi connectivity index (χ3n) is 6.38. The Morgan fingerprint density at radius 2 is 1.89 bits per heavy atom. The van der Waals surface area contributed by atoms with Crippen LogP contribution in [0.3, 0.4) is 0 Å². The van der Waals surface area contributed by atoms with E-state index in [4.69, 9.17) is 4.74 Å². The average Bonchev–Trinajstić information content (AvgIpc) is 2.57. The van der Waals surface area contributed by atoms with Crippen molar-refractivity contribution in [3.05, 3.63) is 23.9 Å². The first-order valence-corrected chi connectivity index (χ1v) is 9.77. The van der Waals surface area contributed by atoms with Gasteiger partial charge < -0.3 is 14.7 Å². The molecule has 3 fully saturated rings. The zero-order chi connectivity index (χ0) is 20.2. The Hall–Kier alpha value is -1.83. The Morgan fingerprint density at radius 3 is 2.46 bits per heavy atom. The number of hydrogen-bond donors (Lipinski definition) is 1. The number of nitrogens with zero attached hydrogens (tertiary/aromatic N) is 2. The standard InChI is InChI=1S/C20H25F3N2O3/c1-18(27)9-13(10-18)17(26)25-11-19(12-25)7-5-14(6-8-19)28-16-4-2-3-15(24-16)20(21,22)23/h2-4,13-14,27H,5-12H2,1H3. The number of hydrogen-bond acceptors (Lipinski definition) is 4. The number of aromatic nitrogens is 1. The predicted molar refractivity (Wildman–Crippen MR) is 94.5 cm³/mol. The summed E-state index contributed by atoms with van der Waals surface area (Å²) in [7, 11) is 0. The second-order valence-corrected chi connectivity index (χ2v) is 8.97. The topological polar surface area (TPSA) is 62.7 Å². The van der Waals surface area contributed by atoms with E-state index < -0.39 is 17.5 Å². The third kappa shape index (κ3) is 3.83. The number of halogens is 3. The molecule has 5 nitrogen and oxygen atoms in total. The van der Waals surface area contributed by atoms with Crippen molar-refractivity contribution in [2.24, 2.45) is 11.3 Å². The third-order valence-corrected chi connectivity index (χ3v) is 6.38. The molecule has 2 heterocycles. The molecule has 4 rings (SSSR count). The number of amides is 1. The molecule has 0 bridgehead atoms. The van der Waals surface area contributed by atoms with Crippen LogP contribution in [0.4, 0.5) is 13.2 Å². The zero-order valence-corrected chi connectivity index (χ0v) is 15.8. The first kappa shape index (κ1) is 19.5. The summed E-state index contributed by atoms with van der Waals surface area (Å²) in [6.07, 6.45) is -0.272. The van der Waals surface area contributed by atoms with Gasteiger partial charge in [-0.05, 0) is 51.5 Å². The molecule has 154 valence electrons. The summed E-state index contributed by atoms with van der Waals surface area (Å²) >= 11 is 0. The molecule has 1 N–H and O–H groups in total. The van der Waals surface area contributed by atoms with Gasteiger partial charge in [0.05, 0.1) is 5.60 Å². The summed E-state index contributed by atoms with van der Waals surface area (Å²) in [6, 6.07) is 3.70. The first-order valence-electron chi connectivity index (χ1n) is 9.77. The molecule has 2 aliphatic carbocycles. The number of alkyl halides is 3. The lowest BCUT2D eigenvalue weighted by atomic mass is 9.66. The van der Waals surface area contributed by atoms with Crippen molar-refractivity contribution >= 4 is 5.91 Å². The smallest absolute Gasteiger partial charge is 0.433 e. The number of likely N-dealkylation sites (tertiary alicyclic amines) is 1. The van der Waals surface area contributed by atoms with Crippen LogP contribution in [0.5, 0.6) is 5.88 Å². The fourth-order valence-electron chi connectivity index (χ4n) is 4.80. The second-order valence-electron chi connectivity index (χ2n) is 8.97. The molecule has 1 saturated heterocycles. The largest absolute Gasteiger partial charge is 0.474 e. The van der Waals surface area contributed by atoms with Gasteiger partial charge in [0.2, 0.25) is 11.8 Å². The van der Waals surface area contributed by atoms with Gasteiger partial charge in [0, 0.05) is 30.5 Å². The molecule has 1 aliphatic heterocycles. The lowest BCUT2D eigenvalue weighted by Crippen LogP contribution is -2.63. The first-order chi connectivity index (χ1) is 13.1. The predicted octanol–water partition coefficient (Wildman–Crippen LogP) is 3.41. The number of aliphatic hydroxyl groups is 1. The number of carbonyl (C=O) groups is 1. The Morgan fingerprint density at radius 1 is 1.25 bits per heavy atom. The summed E-state index contributed by atoms with van der Waals surface area (Å²) in [4.78, 5) is 17.9. The Balaban J connectivity index is 1.25. The Bertz CT molecular complexity index is 741. The van der Waals surface area contributed by atoms with Crippen molar-refractivity contribution in [1.82, 2.24) is 9.88 Å². The maximum atomic E-state index is 12.8. The maximum Gasteiger partial charge on any atom is 0.433 e. The van der Waals surface area contributed by atoms with Gasteiger partial charge in [0.15, 0.2) is 0 Å². The molecule has 28 heavy (non-hydrogen) atoms. The SMILES string of the molecule is CC1(O)CC(C(=O)N2CC3(CCC(Oc4cccc(C(F)(F)F)n4)CC3)C2)C1. The Labute approximate surface area is 161 Å². The lowest BCUT2D eigenvalue weighted by molar-refractivity contribution is -0.164. The molecular weight excluding hydrogens is 373 g/mol. The fraction of sp³-hybridized carbons (Fsp3) is 0.700. The van der Waals surface area contributed by atoms with E-state index in [9.17, 15) is 23.1 Å². The van der Waals surface area contributed by atoms with E-state index in [1.807, 2.05) is 4.90 Å². The van der Waals surface area contributed by atoms with E-state index in [1.54, 1.807) is 6.92 Å². The van der Waals surface area contributed by atoms with Crippen LogP contribution in [0.15, 0.2) is 18.2 Å². The second kappa shape index (κ2) is 6.61. The molecule has 0 atom stereocenters. The van der Waals surface area contributed by atoms with E-state index in [1.165, 1.54) is 12.1 Å². The lowest BCUT2D eigenvalue weighted by Gasteiger charge is -2.55. The van der Waals surface area contributed by atoms with Crippen molar-refractivity contribution in [1.29, 1.82) is 0 Å². The highest BCUT2D eigenvalue weighted by atomic mass is 19.4. The quantitative estimate of drug-likeness (QED) is 0.848. The molecule has 0 aromatic carbocycles. The summed E-state index contributed by atoms with van der Waals surface area (Å²) in [5, 5.41) is 9.81. The van der Waals surface area contributed by atoms with Gasteiger partial charge in [-0.2, -0.15) is 13.2 Å². The van der Waals surface area contributed by atoms with Gasteiger partial charge in [0.1, 0.15) is 11.8 Å². The highest BCUT2D eigenvalue weighted by molar-refractivity contribution is 5.81. The normalized spacial score (nSPS) is 29.9. The molecule has 2 saturated carbocycles. The fourth-order valence-corrected chi connectivity index (χ4v) is 4.80. The molecule has 8 heteroatoms. The minimum absolute atomic E-state index is 0.0122. The Kier molecular flexibility index (Phi) is 4.60. The van der Waals surface area contributed by atoms with Crippen molar-refractivity contribution in [3.8, 4) is 5.88 Å². The van der Waals surface area contributed by atoms with E-state index >= 15 is 0 Å². The maximum absolute atomic E-state index is 12.8. The molecule has 0 radical (unpaired) electrons. The number of pyridine rings is 1. The van der Waals surface area contributed by atoms with Crippen LogP contribution in [0.1, 0.15) is 51.1 Å². The molecule has 1 aromatic heterocycles. The van der Waals surface area contributed by atoms with E-state index in [2.05, 4.69) is 4.98 Å². The minimum Gasteiger partial charge on any atom is -0.474 e. The van der Waals surface area contributed by atoms with Crippen LogP contribution < -0.4 is 4.74 Å². The molecule has 3 aliphatic rings. The molecule has 1 amide bonds. The van der Waals surface area contributed by atoms with Gasteiger partial charge >= 0.3 is 6.18 Å². The van der Waals surface area contributed by atoms with Crippen molar-refractivity contribution < 1.29 is 27.8 Å². The number of carbonyl (C=O) groups excluding carboxylic acids is 1. The van der Waals surface area contributed by atoms with Gasteiger partial charge in [0.25, 0.3) is 0 Å². The monoisotopic (exact) mass is 398 g/mol. The van der Waals surface area contributed by atoms with Crippen LogP contribution in [-0.2, 0) is 11.0 Å². The van der Waals surface area contributed by atoms with E-state index in [0.29, 0.717) is 12.8 Å². The minimum atomic E-state index is -4.48.